The van der Waals surface area contributed by atoms with E-state index in [1.807, 2.05) is 12.1 Å². The molecular weight excluding hydrogens is 334 g/mol. The maximum Gasteiger partial charge on any atom is 0.133 e. The molecule has 0 aliphatic heterocycles. The standard InChI is InChI=1S/C15H18BrN3S/c1-4-17-14-13(10(2)3)15(19-9-18-14)20-12-7-5-11(16)6-8-12/h5-10H,4H2,1-3H3,(H,17,18,19). The van der Waals surface area contributed by atoms with Gasteiger partial charge in [0.2, 0.25) is 0 Å². The Hall–Kier alpha value is -1.07. The maximum absolute atomic E-state index is 4.46. The van der Waals surface area contributed by atoms with Gasteiger partial charge in [0.25, 0.3) is 0 Å². The lowest BCUT2D eigenvalue weighted by Crippen LogP contribution is -2.07. The molecule has 0 unspecified atom stereocenters. The van der Waals surface area contributed by atoms with Crippen LogP contribution in [0, 0.1) is 0 Å². The smallest absolute Gasteiger partial charge is 0.133 e. The van der Waals surface area contributed by atoms with E-state index < -0.39 is 0 Å². The summed E-state index contributed by atoms with van der Waals surface area (Å²) in [4.78, 5) is 10.0. The summed E-state index contributed by atoms with van der Waals surface area (Å²) in [6.07, 6.45) is 1.63. The van der Waals surface area contributed by atoms with Gasteiger partial charge < -0.3 is 5.32 Å². The van der Waals surface area contributed by atoms with Gasteiger partial charge in [0, 0.05) is 21.5 Å². The molecule has 0 radical (unpaired) electrons. The highest BCUT2D eigenvalue weighted by Gasteiger charge is 2.15. The van der Waals surface area contributed by atoms with Crippen LogP contribution in [0.3, 0.4) is 0 Å². The van der Waals surface area contributed by atoms with E-state index in [2.05, 4.69) is 64.1 Å². The number of benzene rings is 1. The van der Waals surface area contributed by atoms with Crippen LogP contribution in [0.5, 0.6) is 0 Å². The molecule has 0 aliphatic rings. The first-order chi connectivity index (χ1) is 9.61. The van der Waals surface area contributed by atoms with E-state index >= 15 is 0 Å². The van der Waals surface area contributed by atoms with E-state index in [1.165, 1.54) is 10.5 Å². The molecule has 20 heavy (non-hydrogen) atoms. The van der Waals surface area contributed by atoms with Gasteiger partial charge in [-0.05, 0) is 37.1 Å². The fraction of sp³-hybridized carbons (Fsp3) is 0.333. The summed E-state index contributed by atoms with van der Waals surface area (Å²) in [6.45, 7) is 7.28. The number of hydrogen-bond donors (Lipinski definition) is 1. The summed E-state index contributed by atoms with van der Waals surface area (Å²) in [5.41, 5.74) is 1.18. The van der Waals surface area contributed by atoms with Crippen molar-refractivity contribution in [1.82, 2.24) is 9.97 Å². The molecule has 0 aliphatic carbocycles. The first kappa shape index (κ1) is 15.3. The van der Waals surface area contributed by atoms with E-state index in [1.54, 1.807) is 18.1 Å². The minimum absolute atomic E-state index is 0.378. The molecule has 1 aromatic carbocycles. The van der Waals surface area contributed by atoms with E-state index in [-0.39, 0.29) is 0 Å². The van der Waals surface area contributed by atoms with Gasteiger partial charge in [0.15, 0.2) is 0 Å². The number of aromatic nitrogens is 2. The molecule has 1 aromatic heterocycles. The van der Waals surface area contributed by atoms with E-state index in [9.17, 15) is 0 Å². The minimum atomic E-state index is 0.378. The Labute approximate surface area is 132 Å². The lowest BCUT2D eigenvalue weighted by molar-refractivity contribution is 0.803. The second-order valence-electron chi connectivity index (χ2n) is 4.68. The number of halogens is 1. The highest BCUT2D eigenvalue weighted by atomic mass is 79.9. The normalized spacial score (nSPS) is 10.8. The quantitative estimate of drug-likeness (QED) is 0.773. The molecule has 0 fully saturated rings. The molecule has 1 heterocycles. The van der Waals surface area contributed by atoms with Crippen molar-refractivity contribution in [3.05, 3.63) is 40.6 Å². The molecule has 0 bridgehead atoms. The highest BCUT2D eigenvalue weighted by molar-refractivity contribution is 9.10. The van der Waals surface area contributed by atoms with Crippen molar-refractivity contribution in [2.75, 3.05) is 11.9 Å². The average Bonchev–Trinajstić information content (AvgIpc) is 2.41. The van der Waals surface area contributed by atoms with Crippen LogP contribution in [0.1, 0.15) is 32.3 Å². The number of hydrogen-bond acceptors (Lipinski definition) is 4. The number of anilines is 1. The van der Waals surface area contributed by atoms with Crippen molar-refractivity contribution < 1.29 is 0 Å². The summed E-state index contributed by atoms with van der Waals surface area (Å²) in [6, 6.07) is 8.27. The molecule has 5 heteroatoms. The predicted octanol–water partition coefficient (Wildman–Crippen LogP) is 4.95. The van der Waals surface area contributed by atoms with Crippen molar-refractivity contribution in [1.29, 1.82) is 0 Å². The predicted molar refractivity (Wildman–Crippen MR) is 88.5 cm³/mol. The molecule has 1 N–H and O–H groups in total. The van der Waals surface area contributed by atoms with Gasteiger partial charge in [-0.1, -0.05) is 41.5 Å². The lowest BCUT2D eigenvalue weighted by Gasteiger charge is -2.16. The Balaban J connectivity index is 2.35. The third kappa shape index (κ3) is 3.73. The molecular formula is C15H18BrN3S. The number of nitrogens with one attached hydrogen (secondary N) is 1. The number of rotatable bonds is 5. The van der Waals surface area contributed by atoms with Crippen molar-refractivity contribution in [2.24, 2.45) is 0 Å². The van der Waals surface area contributed by atoms with Gasteiger partial charge in [-0.3, -0.25) is 0 Å². The molecule has 0 saturated carbocycles. The van der Waals surface area contributed by atoms with Crippen LogP contribution in [0.4, 0.5) is 5.82 Å². The van der Waals surface area contributed by atoms with Gasteiger partial charge in [0.05, 0.1) is 0 Å². The van der Waals surface area contributed by atoms with Crippen molar-refractivity contribution in [3.63, 3.8) is 0 Å². The largest absolute Gasteiger partial charge is 0.370 e. The third-order valence-corrected chi connectivity index (χ3v) is 4.35. The van der Waals surface area contributed by atoms with Crippen LogP contribution >= 0.6 is 27.7 Å². The molecule has 3 nitrogen and oxygen atoms in total. The maximum atomic E-state index is 4.46. The Morgan fingerprint density at radius 3 is 2.50 bits per heavy atom. The summed E-state index contributed by atoms with van der Waals surface area (Å²) < 4.78 is 1.09. The molecule has 0 atom stereocenters. The molecule has 0 amide bonds. The molecule has 106 valence electrons. The zero-order chi connectivity index (χ0) is 14.5. The fourth-order valence-electron chi connectivity index (χ4n) is 1.90. The monoisotopic (exact) mass is 351 g/mol. The molecule has 2 aromatic rings. The number of nitrogens with zero attached hydrogens (tertiary/aromatic N) is 2. The SMILES string of the molecule is CCNc1ncnc(Sc2ccc(Br)cc2)c1C(C)C. The van der Waals surface area contributed by atoms with Gasteiger partial charge in [-0.25, -0.2) is 9.97 Å². The second kappa shape index (κ2) is 7.09. The third-order valence-electron chi connectivity index (χ3n) is 2.80. The van der Waals surface area contributed by atoms with Crippen molar-refractivity contribution in [3.8, 4) is 0 Å². The van der Waals surface area contributed by atoms with Gasteiger partial charge in [-0.15, -0.1) is 0 Å². The van der Waals surface area contributed by atoms with Crippen LogP contribution in [-0.4, -0.2) is 16.5 Å². The van der Waals surface area contributed by atoms with Gasteiger partial charge >= 0.3 is 0 Å². The zero-order valence-electron chi connectivity index (χ0n) is 11.9. The summed E-state index contributed by atoms with van der Waals surface area (Å²) in [5.74, 6) is 1.32. The molecule has 2 rings (SSSR count). The summed E-state index contributed by atoms with van der Waals surface area (Å²) in [7, 11) is 0. The minimum Gasteiger partial charge on any atom is -0.370 e. The topological polar surface area (TPSA) is 37.8 Å². The molecule has 0 spiro atoms. The van der Waals surface area contributed by atoms with Crippen LogP contribution in [-0.2, 0) is 0 Å². The van der Waals surface area contributed by atoms with Crippen molar-refractivity contribution >= 4 is 33.5 Å². The van der Waals surface area contributed by atoms with Crippen molar-refractivity contribution in [2.45, 2.75) is 36.6 Å². The Bertz CT molecular complexity index is 570. The highest BCUT2D eigenvalue weighted by Crippen LogP contribution is 2.35. The van der Waals surface area contributed by atoms with E-state index in [0.29, 0.717) is 5.92 Å². The first-order valence-corrected chi connectivity index (χ1v) is 8.25. The van der Waals surface area contributed by atoms with Crippen LogP contribution in [0.2, 0.25) is 0 Å². The van der Waals surface area contributed by atoms with E-state index in [4.69, 9.17) is 0 Å². The second-order valence-corrected chi connectivity index (χ2v) is 6.66. The average molecular weight is 352 g/mol. The Morgan fingerprint density at radius 2 is 1.90 bits per heavy atom. The first-order valence-electron chi connectivity index (χ1n) is 6.64. The Kier molecular flexibility index (Phi) is 5.43. The fourth-order valence-corrected chi connectivity index (χ4v) is 3.21. The Morgan fingerprint density at radius 1 is 1.20 bits per heavy atom. The summed E-state index contributed by atoms with van der Waals surface area (Å²) >= 11 is 5.14. The molecule has 0 saturated heterocycles. The van der Waals surface area contributed by atoms with Crippen LogP contribution < -0.4 is 5.32 Å². The zero-order valence-corrected chi connectivity index (χ0v) is 14.3. The lowest BCUT2D eigenvalue weighted by atomic mass is 10.1. The van der Waals surface area contributed by atoms with Crippen LogP contribution in [0.25, 0.3) is 0 Å². The summed E-state index contributed by atoms with van der Waals surface area (Å²) in [5, 5.41) is 4.34. The van der Waals surface area contributed by atoms with Crippen LogP contribution in [0.15, 0.2) is 45.0 Å². The van der Waals surface area contributed by atoms with Gasteiger partial charge in [0.1, 0.15) is 17.2 Å². The van der Waals surface area contributed by atoms with Gasteiger partial charge in [-0.2, -0.15) is 0 Å². The van der Waals surface area contributed by atoms with E-state index in [0.717, 1.165) is 21.9 Å².